The van der Waals surface area contributed by atoms with Gasteiger partial charge in [0.15, 0.2) is 0 Å². The highest BCUT2D eigenvalue weighted by Gasteiger charge is 2.24. The van der Waals surface area contributed by atoms with E-state index in [1.807, 2.05) is 93.6 Å². The van der Waals surface area contributed by atoms with Crippen LogP contribution in [-0.4, -0.2) is 46.8 Å². The zero-order chi connectivity index (χ0) is 27.9. The average molecular weight is 591 g/mol. The van der Waals surface area contributed by atoms with Crippen LogP contribution in [0, 0.1) is 12.8 Å². The lowest BCUT2D eigenvalue weighted by molar-refractivity contribution is -0.116. The molecule has 1 heterocycles. The first-order valence-electron chi connectivity index (χ1n) is 12.7. The SMILES string of the molecule is COc1ccc(-n2nc(C)c(-c3ccccc3)c2NC(=O)CN(CC(C)C)C(=O)Nc2ccccc2Br)cc1. The fourth-order valence-corrected chi connectivity index (χ4v) is 4.65. The molecule has 0 aliphatic rings. The topological polar surface area (TPSA) is 88.5 Å². The normalized spacial score (nSPS) is 10.8. The van der Waals surface area contributed by atoms with Crippen LogP contribution in [0.5, 0.6) is 5.75 Å². The Morgan fingerprint density at radius 2 is 1.64 bits per heavy atom. The standard InChI is InChI=1S/C30H32BrN5O3/c1-20(2)18-35(30(38)32-26-13-9-8-12-25(26)31)19-27(37)33-29-28(22-10-6-5-7-11-22)21(3)34-36(29)23-14-16-24(39-4)17-15-23/h5-17,20H,18-19H2,1-4H3,(H,32,38)(H,33,37). The quantitative estimate of drug-likeness (QED) is 0.226. The van der Waals surface area contributed by atoms with Crippen molar-refractivity contribution in [3.8, 4) is 22.6 Å². The molecule has 3 aromatic carbocycles. The fourth-order valence-electron chi connectivity index (χ4n) is 4.27. The largest absolute Gasteiger partial charge is 0.497 e. The van der Waals surface area contributed by atoms with Crippen LogP contribution in [0.15, 0.2) is 83.3 Å². The lowest BCUT2D eigenvalue weighted by atomic mass is 10.1. The number of carbonyl (C=O) groups excluding carboxylic acids is 2. The van der Waals surface area contributed by atoms with Crippen LogP contribution in [0.4, 0.5) is 16.3 Å². The zero-order valence-corrected chi connectivity index (χ0v) is 24.0. The second kappa shape index (κ2) is 12.6. The van der Waals surface area contributed by atoms with Gasteiger partial charge in [0, 0.05) is 16.6 Å². The zero-order valence-electron chi connectivity index (χ0n) is 22.4. The number of halogens is 1. The second-order valence-electron chi connectivity index (χ2n) is 9.52. The number of hydrogen-bond acceptors (Lipinski definition) is 4. The average Bonchev–Trinajstić information content (AvgIpc) is 3.25. The fraction of sp³-hybridized carbons (Fsp3) is 0.233. The van der Waals surface area contributed by atoms with Crippen molar-refractivity contribution in [3.05, 3.63) is 89.0 Å². The van der Waals surface area contributed by atoms with Gasteiger partial charge in [-0.15, -0.1) is 0 Å². The van der Waals surface area contributed by atoms with Crippen LogP contribution < -0.4 is 15.4 Å². The summed E-state index contributed by atoms with van der Waals surface area (Å²) in [4.78, 5) is 28.2. The molecule has 0 aliphatic heterocycles. The summed E-state index contributed by atoms with van der Waals surface area (Å²) in [6.07, 6.45) is 0. The van der Waals surface area contributed by atoms with Crippen LogP contribution in [0.2, 0.25) is 0 Å². The minimum Gasteiger partial charge on any atom is -0.497 e. The van der Waals surface area contributed by atoms with Gasteiger partial charge in [-0.2, -0.15) is 5.10 Å². The number of hydrogen-bond donors (Lipinski definition) is 2. The Bertz CT molecular complexity index is 1430. The lowest BCUT2D eigenvalue weighted by Gasteiger charge is -2.25. The van der Waals surface area contributed by atoms with Crippen molar-refractivity contribution < 1.29 is 14.3 Å². The molecule has 4 aromatic rings. The number of urea groups is 1. The Labute approximate surface area is 237 Å². The predicted octanol–water partition coefficient (Wildman–Crippen LogP) is 6.75. The summed E-state index contributed by atoms with van der Waals surface area (Å²) in [7, 11) is 1.61. The van der Waals surface area contributed by atoms with Gasteiger partial charge in [-0.3, -0.25) is 4.79 Å². The molecule has 0 atom stereocenters. The van der Waals surface area contributed by atoms with Crippen molar-refractivity contribution in [1.82, 2.24) is 14.7 Å². The Kier molecular flexibility index (Phi) is 9.03. The van der Waals surface area contributed by atoms with E-state index in [1.165, 1.54) is 4.90 Å². The number of aromatic nitrogens is 2. The Morgan fingerprint density at radius 3 is 2.28 bits per heavy atom. The lowest BCUT2D eigenvalue weighted by Crippen LogP contribution is -2.42. The first-order valence-corrected chi connectivity index (χ1v) is 13.5. The Balaban J connectivity index is 1.65. The predicted molar refractivity (Wildman–Crippen MR) is 158 cm³/mol. The monoisotopic (exact) mass is 589 g/mol. The summed E-state index contributed by atoms with van der Waals surface area (Å²) in [5, 5.41) is 10.7. The summed E-state index contributed by atoms with van der Waals surface area (Å²) in [6.45, 7) is 6.20. The third-order valence-electron chi connectivity index (χ3n) is 6.02. The van der Waals surface area contributed by atoms with Crippen LogP contribution in [0.3, 0.4) is 0 Å². The maximum atomic E-state index is 13.5. The van der Waals surface area contributed by atoms with Gasteiger partial charge in [-0.1, -0.05) is 56.3 Å². The van der Waals surface area contributed by atoms with E-state index < -0.39 is 0 Å². The van der Waals surface area contributed by atoms with Crippen molar-refractivity contribution in [1.29, 1.82) is 0 Å². The van der Waals surface area contributed by atoms with Gasteiger partial charge >= 0.3 is 6.03 Å². The molecular formula is C30H32BrN5O3. The van der Waals surface area contributed by atoms with Crippen molar-refractivity contribution in [2.24, 2.45) is 5.92 Å². The van der Waals surface area contributed by atoms with E-state index in [9.17, 15) is 9.59 Å². The number of anilines is 2. The summed E-state index contributed by atoms with van der Waals surface area (Å²) in [5.41, 5.74) is 3.90. The summed E-state index contributed by atoms with van der Waals surface area (Å²) in [5.74, 6) is 1.08. The van der Waals surface area contributed by atoms with Gasteiger partial charge in [0.05, 0.1) is 24.2 Å². The van der Waals surface area contributed by atoms with E-state index >= 15 is 0 Å². The minimum atomic E-state index is -0.353. The number of carbonyl (C=O) groups is 2. The number of ether oxygens (including phenoxy) is 1. The van der Waals surface area contributed by atoms with E-state index in [0.29, 0.717) is 18.1 Å². The second-order valence-corrected chi connectivity index (χ2v) is 10.4. The number of para-hydroxylation sites is 1. The molecule has 8 nitrogen and oxygen atoms in total. The molecule has 0 spiro atoms. The smallest absolute Gasteiger partial charge is 0.322 e. The first kappa shape index (κ1) is 27.9. The molecular weight excluding hydrogens is 558 g/mol. The molecule has 0 unspecified atom stereocenters. The highest BCUT2D eigenvalue weighted by atomic mass is 79.9. The number of aryl methyl sites for hydroxylation is 1. The maximum absolute atomic E-state index is 13.5. The van der Waals surface area contributed by atoms with Gasteiger partial charge in [-0.25, -0.2) is 9.48 Å². The van der Waals surface area contributed by atoms with Gasteiger partial charge in [0.25, 0.3) is 0 Å². The van der Waals surface area contributed by atoms with Gasteiger partial charge in [0.1, 0.15) is 18.1 Å². The van der Waals surface area contributed by atoms with Crippen LogP contribution in [0.1, 0.15) is 19.5 Å². The molecule has 1 aromatic heterocycles. The number of benzene rings is 3. The minimum absolute atomic E-state index is 0.129. The van der Waals surface area contributed by atoms with Crippen LogP contribution in [0.25, 0.3) is 16.8 Å². The summed E-state index contributed by atoms with van der Waals surface area (Å²) >= 11 is 3.46. The van der Waals surface area contributed by atoms with E-state index in [2.05, 4.69) is 26.6 Å². The molecule has 9 heteroatoms. The number of amides is 3. The van der Waals surface area contributed by atoms with Gasteiger partial charge in [0.2, 0.25) is 5.91 Å². The molecule has 39 heavy (non-hydrogen) atoms. The van der Waals surface area contributed by atoms with Crippen molar-refractivity contribution in [2.45, 2.75) is 20.8 Å². The summed E-state index contributed by atoms with van der Waals surface area (Å²) in [6, 6.07) is 24.3. The number of rotatable bonds is 9. The van der Waals surface area contributed by atoms with Crippen LogP contribution >= 0.6 is 15.9 Å². The molecule has 4 rings (SSSR count). The molecule has 0 radical (unpaired) electrons. The highest BCUT2D eigenvalue weighted by molar-refractivity contribution is 9.10. The third-order valence-corrected chi connectivity index (χ3v) is 6.71. The van der Waals surface area contributed by atoms with Gasteiger partial charge in [-0.05, 0) is 70.7 Å². The van der Waals surface area contributed by atoms with Crippen LogP contribution in [-0.2, 0) is 4.79 Å². The van der Waals surface area contributed by atoms with Crippen molar-refractivity contribution in [3.63, 3.8) is 0 Å². The molecule has 202 valence electrons. The van der Waals surface area contributed by atoms with Crippen molar-refractivity contribution >= 4 is 39.4 Å². The highest BCUT2D eigenvalue weighted by Crippen LogP contribution is 2.34. The Hall–Kier alpha value is -4.11. The van der Waals surface area contributed by atoms with E-state index in [-0.39, 0.29) is 24.4 Å². The van der Waals surface area contributed by atoms with E-state index in [1.54, 1.807) is 17.9 Å². The molecule has 0 aliphatic carbocycles. The van der Waals surface area contributed by atoms with E-state index in [0.717, 1.165) is 32.7 Å². The molecule has 0 fully saturated rings. The maximum Gasteiger partial charge on any atom is 0.322 e. The summed E-state index contributed by atoms with van der Waals surface area (Å²) < 4.78 is 7.77. The number of methoxy groups -OCH3 is 1. The molecule has 3 amide bonds. The van der Waals surface area contributed by atoms with Crippen molar-refractivity contribution in [2.75, 3.05) is 30.8 Å². The number of nitrogens with zero attached hydrogens (tertiary/aromatic N) is 3. The molecule has 0 saturated heterocycles. The molecule has 2 N–H and O–H groups in total. The molecule has 0 saturated carbocycles. The molecule has 0 bridgehead atoms. The first-order chi connectivity index (χ1) is 18.8. The number of nitrogens with one attached hydrogen (secondary N) is 2. The van der Waals surface area contributed by atoms with Gasteiger partial charge < -0.3 is 20.3 Å². The third kappa shape index (κ3) is 6.86. The Morgan fingerprint density at radius 1 is 0.974 bits per heavy atom. The van der Waals surface area contributed by atoms with E-state index in [4.69, 9.17) is 9.84 Å².